The number of aromatic nitrogens is 1. The maximum Gasteiger partial charge on any atom is 0.276 e. The first-order valence-electron chi connectivity index (χ1n) is 9.10. The molecule has 0 bridgehead atoms. The second-order valence-electron chi connectivity index (χ2n) is 7.13. The Morgan fingerprint density at radius 2 is 1.84 bits per heavy atom. The van der Waals surface area contributed by atoms with Crippen LogP contribution in [0.5, 0.6) is 0 Å². The fourth-order valence-corrected chi connectivity index (χ4v) is 4.04. The van der Waals surface area contributed by atoms with Crippen LogP contribution in [0.2, 0.25) is 0 Å². The molecule has 1 amide bonds. The van der Waals surface area contributed by atoms with E-state index in [9.17, 15) is 15.0 Å². The molecule has 0 spiro atoms. The molecule has 8 nitrogen and oxygen atoms in total. The Morgan fingerprint density at radius 3 is 2.64 bits per heavy atom. The highest BCUT2D eigenvalue weighted by Gasteiger charge is 2.37. The van der Waals surface area contributed by atoms with Crippen molar-refractivity contribution in [3.8, 4) is 0 Å². The van der Waals surface area contributed by atoms with E-state index in [1.54, 1.807) is 4.90 Å². The van der Waals surface area contributed by atoms with Gasteiger partial charge in [0.1, 0.15) is 11.9 Å². The number of ether oxygens (including phenoxy) is 1. The van der Waals surface area contributed by atoms with Gasteiger partial charge in [-0.25, -0.2) is 0 Å². The zero-order valence-corrected chi connectivity index (χ0v) is 14.3. The predicted molar refractivity (Wildman–Crippen MR) is 87.2 cm³/mol. The van der Waals surface area contributed by atoms with Gasteiger partial charge in [0.15, 0.2) is 5.69 Å². The molecule has 2 N–H and O–H groups in total. The van der Waals surface area contributed by atoms with Crippen LogP contribution in [0.1, 0.15) is 34.7 Å². The average molecular weight is 351 g/mol. The Hall–Kier alpha value is -1.48. The molecule has 0 radical (unpaired) electrons. The number of carbonyl (C=O) groups is 1. The normalized spacial score (nSPS) is 31.0. The van der Waals surface area contributed by atoms with E-state index in [-0.39, 0.29) is 18.6 Å². The standard InChI is InChI=1S/C17H25N3O5/c21-13-10-24-9-12(16(13)22)19-5-7-20(8-6-19)17(23)15-11-3-1-2-4-14(11)25-18-15/h12-13,16,21-22H,1-10H2/t12-,13-,16+/m1/s1. The number of aliphatic hydroxyl groups is 2. The summed E-state index contributed by atoms with van der Waals surface area (Å²) in [6.45, 7) is 3.00. The van der Waals surface area contributed by atoms with E-state index < -0.39 is 12.2 Å². The lowest BCUT2D eigenvalue weighted by molar-refractivity contribution is -0.136. The molecule has 2 aliphatic heterocycles. The van der Waals surface area contributed by atoms with Crippen LogP contribution in [-0.2, 0) is 17.6 Å². The van der Waals surface area contributed by atoms with Crippen molar-refractivity contribution in [1.82, 2.24) is 15.0 Å². The van der Waals surface area contributed by atoms with Crippen molar-refractivity contribution in [2.45, 2.75) is 43.9 Å². The van der Waals surface area contributed by atoms with Crippen LogP contribution in [0, 0.1) is 0 Å². The minimum Gasteiger partial charge on any atom is -0.389 e. The lowest BCUT2D eigenvalue weighted by Gasteiger charge is -2.43. The molecule has 2 fully saturated rings. The summed E-state index contributed by atoms with van der Waals surface area (Å²) in [6, 6.07) is -0.221. The van der Waals surface area contributed by atoms with Gasteiger partial charge in [0.05, 0.1) is 25.4 Å². The van der Waals surface area contributed by atoms with Gasteiger partial charge in [0.2, 0.25) is 0 Å². The number of fused-ring (bicyclic) bond motifs is 1. The van der Waals surface area contributed by atoms with Crippen LogP contribution in [0.3, 0.4) is 0 Å². The summed E-state index contributed by atoms with van der Waals surface area (Å²) in [5, 5.41) is 24.0. The monoisotopic (exact) mass is 351 g/mol. The number of aryl methyl sites for hydroxylation is 1. The van der Waals surface area contributed by atoms with Crippen LogP contribution in [0.15, 0.2) is 4.52 Å². The first kappa shape index (κ1) is 17.0. The second-order valence-corrected chi connectivity index (χ2v) is 7.13. The summed E-state index contributed by atoms with van der Waals surface area (Å²) < 4.78 is 10.7. The van der Waals surface area contributed by atoms with Crippen molar-refractivity contribution in [2.75, 3.05) is 39.4 Å². The maximum atomic E-state index is 12.8. The van der Waals surface area contributed by atoms with Gasteiger partial charge in [-0.1, -0.05) is 5.16 Å². The third-order valence-corrected chi connectivity index (χ3v) is 5.59. The number of amides is 1. The van der Waals surface area contributed by atoms with Crippen molar-refractivity contribution in [3.05, 3.63) is 17.0 Å². The number of rotatable bonds is 2. The van der Waals surface area contributed by atoms with Gasteiger partial charge in [0, 0.05) is 38.2 Å². The smallest absolute Gasteiger partial charge is 0.276 e. The Morgan fingerprint density at radius 1 is 1.08 bits per heavy atom. The summed E-state index contributed by atoms with van der Waals surface area (Å²) in [6.07, 6.45) is 2.24. The van der Waals surface area contributed by atoms with E-state index in [0.717, 1.165) is 37.0 Å². The van der Waals surface area contributed by atoms with Gasteiger partial charge < -0.3 is 24.4 Å². The Labute approximate surface area is 146 Å². The van der Waals surface area contributed by atoms with Gasteiger partial charge in [-0.15, -0.1) is 0 Å². The summed E-state index contributed by atoms with van der Waals surface area (Å²) >= 11 is 0. The topological polar surface area (TPSA) is 99.3 Å². The van der Waals surface area contributed by atoms with E-state index in [2.05, 4.69) is 10.1 Å². The highest BCUT2D eigenvalue weighted by molar-refractivity contribution is 5.94. The molecule has 25 heavy (non-hydrogen) atoms. The van der Waals surface area contributed by atoms with Gasteiger partial charge in [-0.2, -0.15) is 0 Å². The highest BCUT2D eigenvalue weighted by atomic mass is 16.5. The molecule has 0 aromatic carbocycles. The molecule has 2 saturated heterocycles. The molecule has 3 heterocycles. The summed E-state index contributed by atoms with van der Waals surface area (Å²) in [4.78, 5) is 16.7. The molecule has 1 aromatic rings. The van der Waals surface area contributed by atoms with Crippen LogP contribution in [0.4, 0.5) is 0 Å². The average Bonchev–Trinajstić information content (AvgIpc) is 3.08. The molecule has 0 saturated carbocycles. The first-order chi connectivity index (χ1) is 12.1. The number of hydrogen-bond acceptors (Lipinski definition) is 7. The third-order valence-electron chi connectivity index (χ3n) is 5.59. The highest BCUT2D eigenvalue weighted by Crippen LogP contribution is 2.25. The zero-order chi connectivity index (χ0) is 17.4. The largest absolute Gasteiger partial charge is 0.389 e. The molecular formula is C17H25N3O5. The molecule has 8 heteroatoms. The summed E-state index contributed by atoms with van der Waals surface area (Å²) in [7, 11) is 0. The van der Waals surface area contributed by atoms with Crippen LogP contribution < -0.4 is 0 Å². The molecule has 138 valence electrons. The fraction of sp³-hybridized carbons (Fsp3) is 0.765. The Bertz CT molecular complexity index is 626. The van der Waals surface area contributed by atoms with E-state index in [1.165, 1.54) is 0 Å². The van der Waals surface area contributed by atoms with Crippen molar-refractivity contribution < 1.29 is 24.3 Å². The van der Waals surface area contributed by atoms with E-state index in [0.29, 0.717) is 38.5 Å². The second kappa shape index (κ2) is 7.03. The summed E-state index contributed by atoms with van der Waals surface area (Å²) in [5.41, 5.74) is 1.46. The quantitative estimate of drug-likeness (QED) is 0.736. The van der Waals surface area contributed by atoms with Gasteiger partial charge in [-0.3, -0.25) is 9.69 Å². The Kier molecular flexibility index (Phi) is 4.77. The number of nitrogens with zero attached hydrogens (tertiary/aromatic N) is 3. The van der Waals surface area contributed by atoms with Crippen molar-refractivity contribution in [3.63, 3.8) is 0 Å². The zero-order valence-electron chi connectivity index (χ0n) is 14.3. The summed E-state index contributed by atoms with van der Waals surface area (Å²) in [5.74, 6) is 0.803. The van der Waals surface area contributed by atoms with Gasteiger partial charge >= 0.3 is 0 Å². The third kappa shape index (κ3) is 3.19. The predicted octanol–water partition coefficient (Wildman–Crippen LogP) is -0.568. The molecule has 3 atom stereocenters. The first-order valence-corrected chi connectivity index (χ1v) is 9.10. The fourth-order valence-electron chi connectivity index (χ4n) is 4.04. The molecule has 3 aliphatic rings. The number of hydrogen-bond donors (Lipinski definition) is 2. The van der Waals surface area contributed by atoms with Crippen molar-refractivity contribution >= 4 is 5.91 Å². The number of carbonyl (C=O) groups excluding carboxylic acids is 1. The minimum atomic E-state index is -0.847. The molecular weight excluding hydrogens is 326 g/mol. The van der Waals surface area contributed by atoms with Crippen molar-refractivity contribution in [1.29, 1.82) is 0 Å². The van der Waals surface area contributed by atoms with E-state index in [4.69, 9.17) is 9.26 Å². The van der Waals surface area contributed by atoms with Crippen LogP contribution in [0.25, 0.3) is 0 Å². The molecule has 1 aromatic heterocycles. The van der Waals surface area contributed by atoms with Crippen LogP contribution in [-0.4, -0.2) is 88.7 Å². The van der Waals surface area contributed by atoms with E-state index in [1.807, 2.05) is 0 Å². The van der Waals surface area contributed by atoms with Crippen molar-refractivity contribution in [2.24, 2.45) is 0 Å². The van der Waals surface area contributed by atoms with Gasteiger partial charge in [-0.05, 0) is 19.3 Å². The lowest BCUT2D eigenvalue weighted by atomic mass is 9.96. The van der Waals surface area contributed by atoms with E-state index >= 15 is 0 Å². The van der Waals surface area contributed by atoms with Crippen LogP contribution >= 0.6 is 0 Å². The number of aliphatic hydroxyl groups excluding tert-OH is 2. The SMILES string of the molecule is O=C(c1noc2c1CCCC2)N1CCN([C@@H]2COC[C@@H](O)[C@H]2O)CC1. The molecule has 1 aliphatic carbocycles. The van der Waals surface area contributed by atoms with Gasteiger partial charge in [0.25, 0.3) is 5.91 Å². The minimum absolute atomic E-state index is 0.0629. The lowest BCUT2D eigenvalue weighted by Crippen LogP contribution is -2.60. The molecule has 0 unspecified atom stereocenters. The number of piperazine rings is 1. The molecule has 4 rings (SSSR count). The maximum absolute atomic E-state index is 12.8. The Balaban J connectivity index is 1.38.